The Kier molecular flexibility index (Phi) is 7.11. The minimum absolute atomic E-state index is 0.0273. The second-order valence-electron chi connectivity index (χ2n) is 8.25. The van der Waals surface area contributed by atoms with E-state index in [4.69, 9.17) is 14.2 Å². The number of nitrogens with one attached hydrogen (secondary N) is 1. The molecule has 1 amide bonds. The molecule has 1 aromatic heterocycles. The Bertz CT molecular complexity index is 838. The number of piperidine rings is 1. The molecule has 2 aromatic rings. The molecule has 1 atom stereocenters. The van der Waals surface area contributed by atoms with Gasteiger partial charge in [0.25, 0.3) is 0 Å². The van der Waals surface area contributed by atoms with Gasteiger partial charge in [-0.3, -0.25) is 9.69 Å². The van der Waals surface area contributed by atoms with Crippen LogP contribution in [0, 0.1) is 0 Å². The summed E-state index contributed by atoms with van der Waals surface area (Å²) in [4.78, 5) is 22.2. The summed E-state index contributed by atoms with van der Waals surface area (Å²) >= 11 is 0. The van der Waals surface area contributed by atoms with Gasteiger partial charge in [0.1, 0.15) is 12.4 Å². The summed E-state index contributed by atoms with van der Waals surface area (Å²) in [7, 11) is 1.52. The fourth-order valence-electron chi connectivity index (χ4n) is 4.30. The first kappa shape index (κ1) is 21.7. The number of amides is 1. The standard InChI is InChI=1S/C23H30N4O4/c1-29-17-21(28)26-15-20-7-8-23(31-20)9-13-27(14-10-23)16-18-3-5-19(6-4-18)30-22-24-11-2-12-25-22/h2-6,11-12,20H,7-10,13-17H2,1H3,(H,26,28). The van der Waals surface area contributed by atoms with Gasteiger partial charge in [-0.2, -0.15) is 0 Å². The zero-order valence-electron chi connectivity index (χ0n) is 18.0. The van der Waals surface area contributed by atoms with Crippen molar-refractivity contribution in [2.75, 3.05) is 33.4 Å². The predicted octanol–water partition coefficient (Wildman–Crippen LogP) is 2.55. The van der Waals surface area contributed by atoms with Crippen molar-refractivity contribution in [1.29, 1.82) is 0 Å². The summed E-state index contributed by atoms with van der Waals surface area (Å²) < 4.78 is 16.9. The van der Waals surface area contributed by atoms with Gasteiger partial charge in [-0.1, -0.05) is 12.1 Å². The molecule has 1 aromatic carbocycles. The fourth-order valence-corrected chi connectivity index (χ4v) is 4.30. The Morgan fingerprint density at radius 1 is 1.19 bits per heavy atom. The summed E-state index contributed by atoms with van der Waals surface area (Å²) in [5, 5.41) is 2.89. The largest absolute Gasteiger partial charge is 0.424 e. The van der Waals surface area contributed by atoms with Crippen LogP contribution in [0.5, 0.6) is 11.8 Å². The van der Waals surface area contributed by atoms with Crippen LogP contribution in [0.15, 0.2) is 42.7 Å². The number of nitrogens with zero attached hydrogens (tertiary/aromatic N) is 3. The molecule has 2 aliphatic rings. The van der Waals surface area contributed by atoms with Gasteiger partial charge in [0.15, 0.2) is 0 Å². The van der Waals surface area contributed by atoms with Crippen LogP contribution < -0.4 is 10.1 Å². The molecule has 4 rings (SSSR count). The van der Waals surface area contributed by atoms with E-state index in [2.05, 4.69) is 32.3 Å². The second kappa shape index (κ2) is 10.2. The average molecular weight is 427 g/mol. The van der Waals surface area contributed by atoms with E-state index >= 15 is 0 Å². The van der Waals surface area contributed by atoms with E-state index in [0.29, 0.717) is 12.6 Å². The van der Waals surface area contributed by atoms with E-state index in [-0.39, 0.29) is 24.2 Å². The summed E-state index contributed by atoms with van der Waals surface area (Å²) in [5.74, 6) is 0.644. The monoisotopic (exact) mass is 426 g/mol. The quantitative estimate of drug-likeness (QED) is 0.694. The highest BCUT2D eigenvalue weighted by atomic mass is 16.5. The van der Waals surface area contributed by atoms with Crippen molar-refractivity contribution in [2.45, 2.75) is 43.9 Å². The van der Waals surface area contributed by atoms with Gasteiger partial charge in [0.05, 0.1) is 11.7 Å². The van der Waals surface area contributed by atoms with Gasteiger partial charge >= 0.3 is 6.01 Å². The molecule has 3 heterocycles. The summed E-state index contributed by atoms with van der Waals surface area (Å²) in [6.07, 6.45) is 7.55. The lowest BCUT2D eigenvalue weighted by Gasteiger charge is -2.39. The Morgan fingerprint density at radius 2 is 1.94 bits per heavy atom. The highest BCUT2D eigenvalue weighted by Gasteiger charge is 2.42. The summed E-state index contributed by atoms with van der Waals surface area (Å²) in [6, 6.07) is 10.2. The summed E-state index contributed by atoms with van der Waals surface area (Å²) in [6.45, 7) is 3.60. The Labute approximate surface area is 182 Å². The maximum Gasteiger partial charge on any atom is 0.321 e. The van der Waals surface area contributed by atoms with E-state index in [0.717, 1.165) is 51.1 Å². The number of rotatable bonds is 8. The average Bonchev–Trinajstić information content (AvgIpc) is 3.19. The van der Waals surface area contributed by atoms with Crippen LogP contribution in [0.2, 0.25) is 0 Å². The molecule has 0 radical (unpaired) electrons. The minimum Gasteiger partial charge on any atom is -0.424 e. The van der Waals surface area contributed by atoms with E-state index in [1.807, 2.05) is 12.1 Å². The molecule has 0 saturated carbocycles. The van der Waals surface area contributed by atoms with E-state index in [9.17, 15) is 4.79 Å². The number of ether oxygens (including phenoxy) is 3. The van der Waals surface area contributed by atoms with Crippen molar-refractivity contribution in [2.24, 2.45) is 0 Å². The molecule has 8 heteroatoms. The first-order valence-corrected chi connectivity index (χ1v) is 10.8. The van der Waals surface area contributed by atoms with E-state index in [1.54, 1.807) is 18.5 Å². The van der Waals surface area contributed by atoms with Crippen LogP contribution in [0.3, 0.4) is 0 Å². The molecule has 1 unspecified atom stereocenters. The van der Waals surface area contributed by atoms with Crippen LogP contribution in [0.1, 0.15) is 31.2 Å². The predicted molar refractivity (Wildman–Crippen MR) is 115 cm³/mol. The van der Waals surface area contributed by atoms with Gasteiger partial charge < -0.3 is 19.5 Å². The lowest BCUT2D eigenvalue weighted by atomic mass is 9.88. The Balaban J connectivity index is 1.21. The Hall–Kier alpha value is -2.55. The van der Waals surface area contributed by atoms with E-state index in [1.165, 1.54) is 12.7 Å². The van der Waals surface area contributed by atoms with Gasteiger partial charge in [-0.05, 0) is 49.4 Å². The molecule has 0 bridgehead atoms. The molecule has 166 valence electrons. The maximum atomic E-state index is 11.6. The molecule has 31 heavy (non-hydrogen) atoms. The third kappa shape index (κ3) is 6.00. The number of hydrogen-bond donors (Lipinski definition) is 1. The van der Waals surface area contributed by atoms with Gasteiger partial charge in [0.2, 0.25) is 5.91 Å². The molecule has 0 aliphatic carbocycles. The molecule has 8 nitrogen and oxygen atoms in total. The molecular weight excluding hydrogens is 396 g/mol. The van der Waals surface area contributed by atoms with Gasteiger partial charge in [-0.15, -0.1) is 0 Å². The minimum atomic E-state index is -0.0883. The highest BCUT2D eigenvalue weighted by Crippen LogP contribution is 2.39. The maximum absolute atomic E-state index is 11.6. The number of carbonyl (C=O) groups is 1. The normalized spacial score (nSPS) is 20.6. The molecule has 1 N–H and O–H groups in total. The lowest BCUT2D eigenvalue weighted by molar-refractivity contribution is -0.126. The van der Waals surface area contributed by atoms with Crippen molar-refractivity contribution >= 4 is 5.91 Å². The lowest BCUT2D eigenvalue weighted by Crippen LogP contribution is -2.45. The number of methoxy groups -OCH3 is 1. The zero-order chi connectivity index (χ0) is 21.5. The van der Waals surface area contributed by atoms with Crippen LogP contribution in [0.25, 0.3) is 0 Å². The number of hydrogen-bond acceptors (Lipinski definition) is 7. The summed E-state index contributed by atoms with van der Waals surface area (Å²) in [5.41, 5.74) is 1.23. The van der Waals surface area contributed by atoms with Crippen LogP contribution in [0.4, 0.5) is 0 Å². The third-order valence-electron chi connectivity index (χ3n) is 5.99. The number of carbonyl (C=O) groups excluding carboxylic acids is 1. The first-order chi connectivity index (χ1) is 15.1. The number of likely N-dealkylation sites (tertiary alicyclic amines) is 1. The zero-order valence-corrected chi connectivity index (χ0v) is 18.0. The second-order valence-corrected chi connectivity index (χ2v) is 8.25. The Morgan fingerprint density at radius 3 is 2.65 bits per heavy atom. The SMILES string of the molecule is COCC(=O)NCC1CCC2(CCN(Cc3ccc(Oc4ncccn4)cc3)CC2)O1. The third-order valence-corrected chi connectivity index (χ3v) is 5.99. The molecule has 1 spiro atoms. The molecular formula is C23H30N4O4. The van der Waals surface area contributed by atoms with Crippen molar-refractivity contribution in [1.82, 2.24) is 20.2 Å². The molecule has 2 aliphatic heterocycles. The van der Waals surface area contributed by atoms with Crippen molar-refractivity contribution in [3.8, 4) is 11.8 Å². The molecule has 2 saturated heterocycles. The van der Waals surface area contributed by atoms with Crippen molar-refractivity contribution < 1.29 is 19.0 Å². The van der Waals surface area contributed by atoms with Crippen molar-refractivity contribution in [3.63, 3.8) is 0 Å². The fraction of sp³-hybridized carbons (Fsp3) is 0.522. The topological polar surface area (TPSA) is 85.8 Å². The number of aromatic nitrogens is 2. The van der Waals surface area contributed by atoms with Crippen LogP contribution in [-0.4, -0.2) is 65.8 Å². The molecule has 2 fully saturated rings. The van der Waals surface area contributed by atoms with E-state index < -0.39 is 0 Å². The van der Waals surface area contributed by atoms with Crippen LogP contribution in [-0.2, 0) is 20.8 Å². The van der Waals surface area contributed by atoms with Gasteiger partial charge in [-0.25, -0.2) is 9.97 Å². The van der Waals surface area contributed by atoms with Crippen LogP contribution >= 0.6 is 0 Å². The van der Waals surface area contributed by atoms with Crippen molar-refractivity contribution in [3.05, 3.63) is 48.3 Å². The van der Waals surface area contributed by atoms with Gasteiger partial charge in [0, 0.05) is 45.7 Å². The smallest absolute Gasteiger partial charge is 0.321 e. The highest BCUT2D eigenvalue weighted by molar-refractivity contribution is 5.77. The first-order valence-electron chi connectivity index (χ1n) is 10.8. The number of benzene rings is 1.